The lowest BCUT2D eigenvalue weighted by Gasteiger charge is -2.06. The third kappa shape index (κ3) is 2.80. The van der Waals surface area contributed by atoms with Gasteiger partial charge in [0, 0.05) is 15.5 Å². The summed E-state index contributed by atoms with van der Waals surface area (Å²) in [6, 6.07) is 15.6. The Labute approximate surface area is 105 Å². The van der Waals surface area contributed by atoms with Crippen molar-refractivity contribution >= 4 is 17.4 Å². The van der Waals surface area contributed by atoms with Gasteiger partial charge in [0.05, 0.1) is 11.6 Å². The molecule has 0 aromatic heterocycles. The van der Waals surface area contributed by atoms with Gasteiger partial charge in [-0.3, -0.25) is 0 Å². The molecule has 2 rings (SSSR count). The number of benzene rings is 2. The van der Waals surface area contributed by atoms with E-state index in [0.29, 0.717) is 5.56 Å². The van der Waals surface area contributed by atoms with Crippen LogP contribution in [-0.2, 0) is 0 Å². The number of nitrogens with two attached hydrogens (primary N) is 1. The first-order valence-corrected chi connectivity index (χ1v) is 6.05. The lowest BCUT2D eigenvalue weighted by atomic mass is 10.2. The van der Waals surface area contributed by atoms with E-state index in [1.165, 1.54) is 0 Å². The lowest BCUT2D eigenvalue weighted by molar-refractivity contribution is 1.28. The summed E-state index contributed by atoms with van der Waals surface area (Å²) in [5.41, 5.74) is 8.23. The van der Waals surface area contributed by atoms with Crippen LogP contribution in [0.25, 0.3) is 0 Å². The van der Waals surface area contributed by atoms with Crippen LogP contribution in [0.2, 0.25) is 0 Å². The van der Waals surface area contributed by atoms with Gasteiger partial charge in [0.25, 0.3) is 0 Å². The summed E-state index contributed by atoms with van der Waals surface area (Å²) < 4.78 is 0. The van der Waals surface area contributed by atoms with Crippen molar-refractivity contribution in [3.8, 4) is 6.07 Å². The first-order chi connectivity index (χ1) is 8.19. The Kier molecular flexibility index (Phi) is 3.36. The Balaban J connectivity index is 2.25. The monoisotopic (exact) mass is 240 g/mol. The van der Waals surface area contributed by atoms with Crippen molar-refractivity contribution in [3.63, 3.8) is 0 Å². The van der Waals surface area contributed by atoms with Crippen molar-refractivity contribution in [2.75, 3.05) is 5.73 Å². The molecule has 0 radical (unpaired) electrons. The van der Waals surface area contributed by atoms with Crippen LogP contribution in [0, 0.1) is 18.3 Å². The average Bonchev–Trinajstić information content (AvgIpc) is 2.34. The summed E-state index contributed by atoms with van der Waals surface area (Å²) in [7, 11) is 0. The molecule has 0 unspecified atom stereocenters. The second kappa shape index (κ2) is 4.94. The highest BCUT2D eigenvalue weighted by Crippen LogP contribution is 2.30. The SMILES string of the molecule is Cc1cc(C#N)ccc1Sc1ccc(N)cc1. The van der Waals surface area contributed by atoms with Crippen molar-refractivity contribution in [1.29, 1.82) is 5.26 Å². The molecule has 0 aliphatic rings. The second-order valence-corrected chi connectivity index (χ2v) is 4.88. The normalized spacial score (nSPS) is 9.88. The van der Waals surface area contributed by atoms with Crippen LogP contribution < -0.4 is 5.73 Å². The van der Waals surface area contributed by atoms with Gasteiger partial charge in [0.2, 0.25) is 0 Å². The average molecular weight is 240 g/mol. The maximum Gasteiger partial charge on any atom is 0.0991 e. The van der Waals surface area contributed by atoms with Crippen molar-refractivity contribution in [2.24, 2.45) is 0 Å². The van der Waals surface area contributed by atoms with Gasteiger partial charge in [-0.15, -0.1) is 0 Å². The lowest BCUT2D eigenvalue weighted by Crippen LogP contribution is -1.84. The highest BCUT2D eigenvalue weighted by molar-refractivity contribution is 7.99. The number of nitrogen functional groups attached to an aromatic ring is 1. The number of anilines is 1. The molecule has 0 amide bonds. The largest absolute Gasteiger partial charge is 0.399 e. The van der Waals surface area contributed by atoms with E-state index < -0.39 is 0 Å². The van der Waals surface area contributed by atoms with Crippen LogP contribution in [0.3, 0.4) is 0 Å². The quantitative estimate of drug-likeness (QED) is 0.816. The Hall–Kier alpha value is -1.92. The van der Waals surface area contributed by atoms with E-state index in [4.69, 9.17) is 11.0 Å². The van der Waals surface area contributed by atoms with Gasteiger partial charge in [0.1, 0.15) is 0 Å². The highest BCUT2D eigenvalue weighted by Gasteiger charge is 2.02. The maximum absolute atomic E-state index is 8.80. The third-order valence-electron chi connectivity index (χ3n) is 2.41. The van der Waals surface area contributed by atoms with E-state index >= 15 is 0 Å². The highest BCUT2D eigenvalue weighted by atomic mass is 32.2. The Bertz CT molecular complexity index is 568. The topological polar surface area (TPSA) is 49.8 Å². The molecule has 84 valence electrons. The summed E-state index contributed by atoms with van der Waals surface area (Å²) in [6.45, 7) is 2.01. The molecule has 2 nitrogen and oxygen atoms in total. The molecule has 0 bridgehead atoms. The van der Waals surface area contributed by atoms with Gasteiger partial charge < -0.3 is 5.73 Å². The zero-order valence-electron chi connectivity index (χ0n) is 9.47. The number of rotatable bonds is 2. The predicted octanol–water partition coefficient (Wildman–Crippen LogP) is 3.60. The van der Waals surface area contributed by atoms with Crippen LogP contribution in [0.5, 0.6) is 0 Å². The summed E-state index contributed by atoms with van der Waals surface area (Å²) >= 11 is 1.68. The smallest absolute Gasteiger partial charge is 0.0991 e. The second-order valence-electron chi connectivity index (χ2n) is 3.76. The number of nitrogens with zero attached hydrogens (tertiary/aromatic N) is 1. The van der Waals surface area contributed by atoms with E-state index in [1.54, 1.807) is 11.8 Å². The maximum atomic E-state index is 8.80. The molecule has 2 N–H and O–H groups in total. The predicted molar refractivity (Wildman–Crippen MR) is 70.9 cm³/mol. The first kappa shape index (κ1) is 11.6. The van der Waals surface area contributed by atoms with Gasteiger partial charge in [-0.25, -0.2) is 0 Å². The van der Waals surface area contributed by atoms with Crippen molar-refractivity contribution in [3.05, 3.63) is 53.6 Å². The minimum Gasteiger partial charge on any atom is -0.399 e. The molecule has 2 aromatic rings. The Morgan fingerprint density at radius 2 is 1.82 bits per heavy atom. The standard InChI is InChI=1S/C14H12N2S/c1-10-8-11(9-15)2-7-14(10)17-13-5-3-12(16)4-6-13/h2-8H,16H2,1H3. The molecule has 0 saturated heterocycles. The van der Waals surface area contributed by atoms with E-state index in [-0.39, 0.29) is 0 Å². The number of nitriles is 1. The molecular weight excluding hydrogens is 228 g/mol. The van der Waals surface area contributed by atoms with E-state index in [0.717, 1.165) is 21.0 Å². The van der Waals surface area contributed by atoms with Crippen molar-refractivity contribution in [2.45, 2.75) is 16.7 Å². The van der Waals surface area contributed by atoms with Crippen molar-refractivity contribution in [1.82, 2.24) is 0 Å². The van der Waals surface area contributed by atoms with Gasteiger partial charge in [-0.2, -0.15) is 5.26 Å². The van der Waals surface area contributed by atoms with Crippen LogP contribution >= 0.6 is 11.8 Å². The number of hydrogen-bond donors (Lipinski definition) is 1. The van der Waals surface area contributed by atoms with Crippen LogP contribution in [0.4, 0.5) is 5.69 Å². The molecule has 0 atom stereocenters. The van der Waals surface area contributed by atoms with E-state index in [9.17, 15) is 0 Å². The van der Waals surface area contributed by atoms with Crippen LogP contribution in [-0.4, -0.2) is 0 Å². The third-order valence-corrected chi connectivity index (χ3v) is 3.60. The van der Waals surface area contributed by atoms with Gasteiger partial charge >= 0.3 is 0 Å². The summed E-state index contributed by atoms with van der Waals surface area (Å²) in [6.07, 6.45) is 0. The molecule has 0 fully saturated rings. The zero-order valence-corrected chi connectivity index (χ0v) is 10.3. The van der Waals surface area contributed by atoms with E-state index in [1.807, 2.05) is 49.4 Å². The first-order valence-electron chi connectivity index (χ1n) is 5.23. The molecule has 0 saturated carbocycles. The number of aryl methyl sites for hydroxylation is 1. The fourth-order valence-electron chi connectivity index (χ4n) is 1.50. The summed E-state index contributed by atoms with van der Waals surface area (Å²) in [5, 5.41) is 8.80. The molecule has 0 aliphatic carbocycles. The Morgan fingerprint density at radius 1 is 1.12 bits per heavy atom. The van der Waals surface area contributed by atoms with Crippen LogP contribution in [0.1, 0.15) is 11.1 Å². The molecular formula is C14H12N2S. The van der Waals surface area contributed by atoms with Gasteiger partial charge in [0.15, 0.2) is 0 Å². The van der Waals surface area contributed by atoms with Gasteiger partial charge in [-0.1, -0.05) is 11.8 Å². The zero-order chi connectivity index (χ0) is 12.3. The van der Waals surface area contributed by atoms with E-state index in [2.05, 4.69) is 6.07 Å². The summed E-state index contributed by atoms with van der Waals surface area (Å²) in [4.78, 5) is 2.31. The molecule has 3 heteroatoms. The van der Waals surface area contributed by atoms with Crippen LogP contribution in [0.15, 0.2) is 52.3 Å². The molecule has 0 aliphatic heterocycles. The molecule has 0 spiro atoms. The van der Waals surface area contributed by atoms with Crippen molar-refractivity contribution < 1.29 is 0 Å². The molecule has 17 heavy (non-hydrogen) atoms. The fraction of sp³-hybridized carbons (Fsp3) is 0.0714. The summed E-state index contributed by atoms with van der Waals surface area (Å²) in [5.74, 6) is 0. The van der Waals surface area contributed by atoms with Gasteiger partial charge in [-0.05, 0) is 55.0 Å². The number of hydrogen-bond acceptors (Lipinski definition) is 3. The fourth-order valence-corrected chi connectivity index (χ4v) is 2.38. The molecule has 0 heterocycles. The Morgan fingerprint density at radius 3 is 2.41 bits per heavy atom. The minimum atomic E-state index is 0.698. The minimum absolute atomic E-state index is 0.698. The molecule has 2 aromatic carbocycles.